The summed E-state index contributed by atoms with van der Waals surface area (Å²) in [5, 5.41) is 0. The summed E-state index contributed by atoms with van der Waals surface area (Å²) < 4.78 is 42.5. The monoisotopic (exact) mass is 329 g/mol. The number of alkyl halides is 3. The molecule has 1 aromatic rings. The fourth-order valence-electron chi connectivity index (χ4n) is 2.56. The predicted molar refractivity (Wildman–Crippen MR) is 76.7 cm³/mol. The first-order valence-electron chi connectivity index (χ1n) is 7.46. The number of carbonyl (C=O) groups is 2. The SMILES string of the molecule is CCOC(=O)C1CCN(C(=O)c2ccc(C(F)(F)F)cc2)CC1. The lowest BCUT2D eigenvalue weighted by Gasteiger charge is -2.31. The summed E-state index contributed by atoms with van der Waals surface area (Å²) in [5.74, 6) is -0.790. The molecule has 1 aliphatic rings. The minimum absolute atomic E-state index is 0.215. The summed E-state index contributed by atoms with van der Waals surface area (Å²) >= 11 is 0. The van der Waals surface area contributed by atoms with Gasteiger partial charge in [-0.15, -0.1) is 0 Å². The van der Waals surface area contributed by atoms with Crippen LogP contribution in [0, 0.1) is 5.92 Å². The highest BCUT2D eigenvalue weighted by Crippen LogP contribution is 2.29. The van der Waals surface area contributed by atoms with Crippen molar-refractivity contribution in [1.82, 2.24) is 4.90 Å². The van der Waals surface area contributed by atoms with Crippen molar-refractivity contribution < 1.29 is 27.5 Å². The van der Waals surface area contributed by atoms with Crippen molar-refractivity contribution >= 4 is 11.9 Å². The Balaban J connectivity index is 1.96. The third-order valence-corrected chi connectivity index (χ3v) is 3.86. The molecule has 126 valence electrons. The first kappa shape index (κ1) is 17.3. The molecule has 0 atom stereocenters. The van der Waals surface area contributed by atoms with Crippen LogP contribution in [0.2, 0.25) is 0 Å². The average molecular weight is 329 g/mol. The van der Waals surface area contributed by atoms with Crippen LogP contribution in [-0.2, 0) is 15.7 Å². The molecule has 0 unspecified atom stereocenters. The number of ether oxygens (including phenoxy) is 1. The molecule has 0 aliphatic carbocycles. The average Bonchev–Trinajstić information content (AvgIpc) is 2.54. The number of hydrogen-bond donors (Lipinski definition) is 0. The topological polar surface area (TPSA) is 46.6 Å². The van der Waals surface area contributed by atoms with Crippen molar-refractivity contribution in [3.05, 3.63) is 35.4 Å². The highest BCUT2D eigenvalue weighted by molar-refractivity contribution is 5.94. The Morgan fingerprint density at radius 3 is 2.22 bits per heavy atom. The molecular weight excluding hydrogens is 311 g/mol. The number of nitrogens with zero attached hydrogens (tertiary/aromatic N) is 1. The summed E-state index contributed by atoms with van der Waals surface area (Å²) in [5.41, 5.74) is -0.567. The lowest BCUT2D eigenvalue weighted by atomic mass is 9.96. The Bertz CT molecular complexity index is 561. The maximum absolute atomic E-state index is 12.5. The van der Waals surface area contributed by atoms with E-state index in [-0.39, 0.29) is 23.4 Å². The van der Waals surface area contributed by atoms with E-state index in [9.17, 15) is 22.8 Å². The Morgan fingerprint density at radius 1 is 1.17 bits per heavy atom. The van der Waals surface area contributed by atoms with Gasteiger partial charge in [0.2, 0.25) is 0 Å². The van der Waals surface area contributed by atoms with Gasteiger partial charge in [-0.25, -0.2) is 0 Å². The second kappa shape index (κ2) is 7.02. The molecule has 7 heteroatoms. The smallest absolute Gasteiger partial charge is 0.416 e. The van der Waals surface area contributed by atoms with Gasteiger partial charge < -0.3 is 9.64 Å². The molecule has 0 radical (unpaired) electrons. The lowest BCUT2D eigenvalue weighted by Crippen LogP contribution is -2.40. The molecule has 0 spiro atoms. The van der Waals surface area contributed by atoms with E-state index in [1.54, 1.807) is 11.8 Å². The van der Waals surface area contributed by atoms with Crippen molar-refractivity contribution in [1.29, 1.82) is 0 Å². The first-order valence-corrected chi connectivity index (χ1v) is 7.46. The van der Waals surface area contributed by atoms with Gasteiger partial charge in [-0.2, -0.15) is 13.2 Å². The van der Waals surface area contributed by atoms with Crippen LogP contribution < -0.4 is 0 Å². The number of benzene rings is 1. The predicted octanol–water partition coefficient (Wildman–Crippen LogP) is 3.12. The third kappa shape index (κ3) is 4.24. The zero-order valence-corrected chi connectivity index (χ0v) is 12.7. The van der Waals surface area contributed by atoms with Crippen LogP contribution in [0.4, 0.5) is 13.2 Å². The van der Waals surface area contributed by atoms with E-state index >= 15 is 0 Å². The lowest BCUT2D eigenvalue weighted by molar-refractivity contribution is -0.149. The third-order valence-electron chi connectivity index (χ3n) is 3.86. The van der Waals surface area contributed by atoms with Gasteiger partial charge in [0.1, 0.15) is 0 Å². The number of likely N-dealkylation sites (tertiary alicyclic amines) is 1. The molecular formula is C16H18F3NO3. The molecule has 1 amide bonds. The van der Waals surface area contributed by atoms with Gasteiger partial charge in [0.05, 0.1) is 18.1 Å². The number of halogens is 3. The van der Waals surface area contributed by atoms with E-state index in [0.717, 1.165) is 12.1 Å². The van der Waals surface area contributed by atoms with Gasteiger partial charge in [0.25, 0.3) is 5.91 Å². The van der Waals surface area contributed by atoms with Gasteiger partial charge in [0.15, 0.2) is 0 Å². The molecule has 1 fully saturated rings. The summed E-state index contributed by atoms with van der Waals surface area (Å²) in [6.07, 6.45) is -3.41. The molecule has 0 bridgehead atoms. The minimum Gasteiger partial charge on any atom is -0.466 e. The van der Waals surface area contributed by atoms with Crippen molar-refractivity contribution in [2.24, 2.45) is 5.92 Å². The molecule has 23 heavy (non-hydrogen) atoms. The summed E-state index contributed by atoms with van der Waals surface area (Å²) in [6, 6.07) is 4.17. The van der Waals surface area contributed by atoms with Crippen LogP contribution in [-0.4, -0.2) is 36.5 Å². The van der Waals surface area contributed by atoms with Gasteiger partial charge in [-0.05, 0) is 44.0 Å². The highest BCUT2D eigenvalue weighted by atomic mass is 19.4. The molecule has 1 aliphatic heterocycles. The van der Waals surface area contributed by atoms with E-state index in [4.69, 9.17) is 4.74 Å². The maximum atomic E-state index is 12.5. The largest absolute Gasteiger partial charge is 0.466 e. The molecule has 1 saturated heterocycles. The number of piperidine rings is 1. The van der Waals surface area contributed by atoms with E-state index in [2.05, 4.69) is 0 Å². The maximum Gasteiger partial charge on any atom is 0.416 e. The van der Waals surface area contributed by atoms with E-state index in [1.165, 1.54) is 12.1 Å². The van der Waals surface area contributed by atoms with E-state index < -0.39 is 11.7 Å². The number of hydrogen-bond acceptors (Lipinski definition) is 3. The van der Waals surface area contributed by atoms with Crippen LogP contribution in [0.1, 0.15) is 35.7 Å². The molecule has 0 saturated carbocycles. The van der Waals surface area contributed by atoms with Crippen LogP contribution in [0.3, 0.4) is 0 Å². The first-order chi connectivity index (χ1) is 10.8. The molecule has 0 aromatic heterocycles. The molecule has 4 nitrogen and oxygen atoms in total. The molecule has 2 rings (SSSR count). The summed E-state index contributed by atoms with van der Waals surface area (Å²) in [7, 11) is 0. The molecule has 0 N–H and O–H groups in total. The number of rotatable bonds is 3. The van der Waals surface area contributed by atoms with Crippen LogP contribution in [0.5, 0.6) is 0 Å². The Kier molecular flexibility index (Phi) is 5.28. The molecule has 1 heterocycles. The van der Waals surface area contributed by atoms with Gasteiger partial charge in [-0.1, -0.05) is 0 Å². The van der Waals surface area contributed by atoms with Crippen molar-refractivity contribution in [3.8, 4) is 0 Å². The zero-order valence-electron chi connectivity index (χ0n) is 12.7. The minimum atomic E-state index is -4.42. The van der Waals surface area contributed by atoms with Crippen molar-refractivity contribution in [2.45, 2.75) is 25.9 Å². The fourth-order valence-corrected chi connectivity index (χ4v) is 2.56. The normalized spacial score (nSPS) is 16.3. The van der Waals surface area contributed by atoms with E-state index in [0.29, 0.717) is 32.5 Å². The fraction of sp³-hybridized carbons (Fsp3) is 0.500. The highest BCUT2D eigenvalue weighted by Gasteiger charge is 2.31. The van der Waals surface area contributed by atoms with Crippen LogP contribution >= 0.6 is 0 Å². The Labute approximate surface area is 132 Å². The number of carbonyl (C=O) groups excluding carboxylic acids is 2. The summed E-state index contributed by atoms with van der Waals surface area (Å²) in [6.45, 7) is 2.84. The van der Waals surface area contributed by atoms with E-state index in [1.807, 2.05) is 0 Å². The molecule has 1 aromatic carbocycles. The second-order valence-corrected chi connectivity index (χ2v) is 5.39. The van der Waals surface area contributed by atoms with Crippen molar-refractivity contribution in [2.75, 3.05) is 19.7 Å². The zero-order chi connectivity index (χ0) is 17.0. The van der Waals surface area contributed by atoms with Gasteiger partial charge >= 0.3 is 12.1 Å². The number of esters is 1. The second-order valence-electron chi connectivity index (χ2n) is 5.39. The Morgan fingerprint density at radius 2 is 1.74 bits per heavy atom. The quantitative estimate of drug-likeness (QED) is 0.801. The van der Waals surface area contributed by atoms with Crippen LogP contribution in [0.25, 0.3) is 0 Å². The van der Waals surface area contributed by atoms with Gasteiger partial charge in [0, 0.05) is 18.7 Å². The number of amides is 1. The van der Waals surface area contributed by atoms with Crippen molar-refractivity contribution in [3.63, 3.8) is 0 Å². The van der Waals surface area contributed by atoms with Crippen LogP contribution in [0.15, 0.2) is 24.3 Å². The Hall–Kier alpha value is -2.05. The summed E-state index contributed by atoms with van der Waals surface area (Å²) in [4.78, 5) is 25.5. The standard InChI is InChI=1S/C16H18F3NO3/c1-2-23-15(22)12-7-9-20(10-8-12)14(21)11-3-5-13(6-4-11)16(17,18)19/h3-6,12H,2,7-10H2,1H3. The van der Waals surface area contributed by atoms with Gasteiger partial charge in [-0.3, -0.25) is 9.59 Å².